The molecule has 8 N–H and O–H groups in total. The van der Waals surface area contributed by atoms with Crippen molar-refractivity contribution < 1.29 is 70.2 Å². The standard InChI is InChI=1S/C15H21N3O17P4/c19-11-6-7-18(15(22)16-11)14-13(21)12(20)10(32-14)8-31-37(25,26)34-39(29,30)35-38(27,28)33-36(23,24)17-9-4-2-1-3-5-9/h1-7,10,12-14,20-21H,8H2,(H,25,26)(H,27,28)(H,29,30)(H,16,19,22)(H2,17,23,24)/t10-,12?,13+,14-/m1/s1. The van der Waals surface area contributed by atoms with Gasteiger partial charge in [-0.05, 0) is 12.1 Å². The molecular weight excluding hydrogens is 618 g/mol. The van der Waals surface area contributed by atoms with Gasteiger partial charge in [-0.25, -0.2) is 23.1 Å². The van der Waals surface area contributed by atoms with Crippen molar-refractivity contribution in [3.63, 3.8) is 0 Å². The molecule has 2 aromatic rings. The van der Waals surface area contributed by atoms with Crippen molar-refractivity contribution in [2.45, 2.75) is 24.5 Å². The van der Waals surface area contributed by atoms with Crippen LogP contribution in [0.15, 0.2) is 52.2 Å². The Bertz CT molecular complexity index is 1480. The third kappa shape index (κ3) is 9.09. The summed E-state index contributed by atoms with van der Waals surface area (Å²) in [5.74, 6) is 0. The number of ether oxygens (including phenoxy) is 1. The molecule has 39 heavy (non-hydrogen) atoms. The fourth-order valence-corrected chi connectivity index (χ4v) is 8.19. The number of aromatic nitrogens is 2. The number of para-hydroxylation sites is 1. The zero-order valence-electron chi connectivity index (χ0n) is 19.0. The topological polar surface area (TPSA) is 303 Å². The largest absolute Gasteiger partial charge is 0.490 e. The van der Waals surface area contributed by atoms with E-state index in [9.17, 15) is 57.6 Å². The van der Waals surface area contributed by atoms with Crippen LogP contribution in [0.1, 0.15) is 6.23 Å². The van der Waals surface area contributed by atoms with Crippen LogP contribution in [0.4, 0.5) is 5.69 Å². The number of aliphatic hydroxyl groups is 2. The SMILES string of the molecule is O=c1ccn([C@@H]2O[C@H](COP(=O)(O)OP(=O)(O)OP(=O)(O)OP(=O)(O)Nc3ccccc3)C(O)[C@@H]2O)c(=O)[nH]1. The van der Waals surface area contributed by atoms with Crippen LogP contribution in [-0.2, 0) is 40.5 Å². The number of phosphoric acid groups is 3. The Morgan fingerprint density at radius 1 is 0.872 bits per heavy atom. The van der Waals surface area contributed by atoms with Crippen LogP contribution in [0, 0.1) is 0 Å². The summed E-state index contributed by atoms with van der Waals surface area (Å²) in [6.07, 6.45) is -5.98. The molecule has 5 unspecified atom stereocenters. The second-order valence-corrected chi connectivity index (χ2v) is 13.8. The van der Waals surface area contributed by atoms with E-state index in [1.54, 1.807) is 0 Å². The number of rotatable bonds is 12. The molecule has 218 valence electrons. The maximum absolute atomic E-state index is 12.1. The number of anilines is 1. The zero-order valence-corrected chi connectivity index (χ0v) is 22.5. The first-order valence-corrected chi connectivity index (χ1v) is 16.2. The van der Waals surface area contributed by atoms with E-state index >= 15 is 0 Å². The minimum Gasteiger partial charge on any atom is -0.387 e. The fourth-order valence-electron chi connectivity index (χ4n) is 3.04. The number of aliphatic hydroxyl groups excluding tert-OH is 2. The van der Waals surface area contributed by atoms with Gasteiger partial charge in [0.05, 0.1) is 6.61 Å². The molecule has 0 aliphatic carbocycles. The molecule has 3 rings (SSSR count). The summed E-state index contributed by atoms with van der Waals surface area (Å²) in [6.45, 7) is -1.12. The Labute approximate surface area is 216 Å². The molecule has 1 fully saturated rings. The van der Waals surface area contributed by atoms with Crippen molar-refractivity contribution in [2.24, 2.45) is 0 Å². The molecule has 8 atom stereocenters. The van der Waals surface area contributed by atoms with Gasteiger partial charge in [-0.2, -0.15) is 12.9 Å². The Kier molecular flexibility index (Phi) is 9.73. The molecule has 20 nitrogen and oxygen atoms in total. The Morgan fingerprint density at radius 2 is 1.46 bits per heavy atom. The zero-order chi connectivity index (χ0) is 29.2. The molecule has 24 heteroatoms. The number of aromatic amines is 1. The lowest BCUT2D eigenvalue weighted by atomic mass is 10.1. The normalized spacial score (nSPS) is 27.5. The minimum absolute atomic E-state index is 0.0610. The molecule has 0 radical (unpaired) electrons. The number of H-pyrrole nitrogens is 1. The van der Waals surface area contributed by atoms with E-state index in [1.165, 1.54) is 30.3 Å². The van der Waals surface area contributed by atoms with Crippen molar-refractivity contribution >= 4 is 36.9 Å². The summed E-state index contributed by atoms with van der Waals surface area (Å²) >= 11 is 0. The summed E-state index contributed by atoms with van der Waals surface area (Å²) in [6, 6.07) is 7.81. The molecule has 0 amide bonds. The van der Waals surface area contributed by atoms with E-state index in [0.29, 0.717) is 4.57 Å². The van der Waals surface area contributed by atoms with Gasteiger partial charge in [-0.3, -0.25) is 24.0 Å². The second-order valence-electron chi connectivity index (χ2n) is 7.51. The maximum Gasteiger partial charge on any atom is 0.490 e. The molecule has 1 aromatic heterocycles. The van der Waals surface area contributed by atoms with E-state index < -0.39 is 73.6 Å². The summed E-state index contributed by atoms with van der Waals surface area (Å²) in [7, 11) is -22.8. The van der Waals surface area contributed by atoms with Gasteiger partial charge < -0.3 is 34.5 Å². The highest BCUT2D eigenvalue weighted by molar-refractivity contribution is 7.71. The number of hydrogen-bond acceptors (Lipinski definition) is 13. The van der Waals surface area contributed by atoms with Crippen LogP contribution >= 0.6 is 31.2 Å². The van der Waals surface area contributed by atoms with E-state index in [0.717, 1.165) is 12.3 Å². The van der Waals surface area contributed by atoms with Crippen LogP contribution in [0.25, 0.3) is 0 Å². The second kappa shape index (κ2) is 12.0. The average Bonchev–Trinajstić information content (AvgIpc) is 3.04. The summed E-state index contributed by atoms with van der Waals surface area (Å²) in [5, 5.41) is 22.1. The lowest BCUT2D eigenvalue weighted by Gasteiger charge is -2.21. The number of hydrogen-bond donors (Lipinski definition) is 8. The van der Waals surface area contributed by atoms with Crippen LogP contribution in [0.3, 0.4) is 0 Å². The number of benzene rings is 1. The maximum atomic E-state index is 12.1. The molecule has 2 heterocycles. The molecule has 1 aliphatic rings. The Balaban J connectivity index is 1.59. The summed E-state index contributed by atoms with van der Waals surface area (Å²) in [4.78, 5) is 63.6. The first-order chi connectivity index (χ1) is 17.9. The van der Waals surface area contributed by atoms with E-state index in [2.05, 4.69) is 17.5 Å². The molecule has 1 aromatic carbocycles. The number of nitrogens with one attached hydrogen (secondary N) is 2. The lowest BCUT2D eigenvalue weighted by molar-refractivity contribution is -0.0542. The average molecular weight is 639 g/mol. The summed E-state index contributed by atoms with van der Waals surface area (Å²) in [5.41, 5.74) is -1.86. The fraction of sp³-hybridized carbons (Fsp3) is 0.333. The Morgan fingerprint density at radius 3 is 2.08 bits per heavy atom. The monoisotopic (exact) mass is 639 g/mol. The van der Waals surface area contributed by atoms with E-state index in [-0.39, 0.29) is 5.69 Å². The van der Waals surface area contributed by atoms with Crippen LogP contribution in [0.5, 0.6) is 0 Å². The van der Waals surface area contributed by atoms with Gasteiger partial charge in [0.2, 0.25) is 0 Å². The lowest BCUT2D eigenvalue weighted by Crippen LogP contribution is -2.37. The minimum atomic E-state index is -6.03. The van der Waals surface area contributed by atoms with Crippen molar-refractivity contribution in [3.05, 3.63) is 63.4 Å². The van der Waals surface area contributed by atoms with E-state index in [1.807, 2.05) is 10.1 Å². The highest BCUT2D eigenvalue weighted by Gasteiger charge is 2.48. The van der Waals surface area contributed by atoms with Gasteiger partial charge in [0.15, 0.2) is 6.23 Å². The molecule has 0 saturated carbocycles. The Hall–Kier alpha value is -1.82. The third-order valence-electron chi connectivity index (χ3n) is 4.54. The van der Waals surface area contributed by atoms with Crippen LogP contribution < -0.4 is 16.3 Å². The molecule has 0 bridgehead atoms. The van der Waals surface area contributed by atoms with Crippen LogP contribution in [-0.4, -0.2) is 64.3 Å². The predicted octanol–water partition coefficient (Wildman–Crippen LogP) is -0.264. The van der Waals surface area contributed by atoms with Gasteiger partial charge in [-0.1, -0.05) is 18.2 Å². The quantitative estimate of drug-likeness (QED) is 0.139. The van der Waals surface area contributed by atoms with Gasteiger partial charge in [0.25, 0.3) is 5.56 Å². The summed E-state index contributed by atoms with van der Waals surface area (Å²) < 4.78 is 69.9. The molecule has 1 aliphatic heterocycles. The first-order valence-electron chi connectivity index (χ1n) is 10.1. The highest BCUT2D eigenvalue weighted by atomic mass is 31.3. The predicted molar refractivity (Wildman–Crippen MR) is 126 cm³/mol. The highest BCUT2D eigenvalue weighted by Crippen LogP contribution is 2.71. The smallest absolute Gasteiger partial charge is 0.387 e. The number of nitrogens with zero attached hydrogens (tertiary/aromatic N) is 1. The third-order valence-corrected chi connectivity index (χ3v) is 10.6. The molecule has 1 saturated heterocycles. The van der Waals surface area contributed by atoms with Crippen molar-refractivity contribution in [1.82, 2.24) is 9.55 Å². The van der Waals surface area contributed by atoms with Crippen molar-refractivity contribution in [2.75, 3.05) is 11.7 Å². The van der Waals surface area contributed by atoms with Gasteiger partial charge >= 0.3 is 36.9 Å². The van der Waals surface area contributed by atoms with Crippen LogP contribution in [0.2, 0.25) is 0 Å². The van der Waals surface area contributed by atoms with Gasteiger partial charge in [0, 0.05) is 18.0 Å². The van der Waals surface area contributed by atoms with Gasteiger partial charge in [-0.15, -0.1) is 0 Å². The van der Waals surface area contributed by atoms with Crippen molar-refractivity contribution in [1.29, 1.82) is 0 Å². The molecule has 0 spiro atoms. The molecular formula is C15H21N3O17P4. The number of phosphoric ester groups is 1. The van der Waals surface area contributed by atoms with E-state index in [4.69, 9.17) is 4.74 Å². The van der Waals surface area contributed by atoms with Crippen molar-refractivity contribution in [3.8, 4) is 0 Å². The first kappa shape index (κ1) is 31.7. The van der Waals surface area contributed by atoms with Gasteiger partial charge in [0.1, 0.15) is 18.3 Å².